The van der Waals surface area contributed by atoms with Crippen molar-refractivity contribution in [3.05, 3.63) is 90.5 Å². The second-order valence-electron chi connectivity index (χ2n) is 7.85. The molecule has 0 aliphatic rings. The van der Waals surface area contributed by atoms with Gasteiger partial charge in [-0.2, -0.15) is 0 Å². The van der Waals surface area contributed by atoms with E-state index in [1.807, 2.05) is 30.3 Å². The van der Waals surface area contributed by atoms with Gasteiger partial charge in [-0.25, -0.2) is 4.98 Å². The van der Waals surface area contributed by atoms with Crippen molar-refractivity contribution in [2.45, 2.75) is 36.1 Å². The number of benzene rings is 2. The standard InChI is InChI=1S/C24H27BN4O5S/c30-23(20-16-26-14-15-27-20)28-21(17-35(34)19-11-5-2-6-12-19)24(31)29-22(25(32)33)13-7-10-18-8-3-1-4-9-18/h1-6,8-9,11-12,14-16,21-22,32-33H,7,10,13,17H2,(H,28,30)(H,29,31)/t21?,22-,35?/m0/s1. The van der Waals surface area contributed by atoms with Gasteiger partial charge in [-0.3, -0.25) is 14.6 Å². The summed E-state index contributed by atoms with van der Waals surface area (Å²) in [5.41, 5.74) is 1.09. The molecule has 0 bridgehead atoms. The molecule has 11 heteroatoms. The lowest BCUT2D eigenvalue weighted by molar-refractivity contribution is -0.122. The Morgan fingerprint density at radius 2 is 1.69 bits per heavy atom. The SMILES string of the molecule is O=C(NC(C[S+]([O-])c1ccccc1)C(=O)N[C@@H](CCCc1ccccc1)B(O)O)c1cnccn1. The molecule has 0 aliphatic carbocycles. The zero-order chi connectivity index (χ0) is 25.0. The fraction of sp³-hybridized carbons (Fsp3) is 0.250. The molecule has 1 heterocycles. The lowest BCUT2D eigenvalue weighted by atomic mass is 9.76. The maximum absolute atomic E-state index is 13.1. The monoisotopic (exact) mass is 494 g/mol. The van der Waals surface area contributed by atoms with Crippen LogP contribution in [-0.4, -0.2) is 61.2 Å². The molecule has 4 N–H and O–H groups in total. The Balaban J connectivity index is 1.68. The lowest BCUT2D eigenvalue weighted by Crippen LogP contribution is -2.56. The number of rotatable bonds is 12. The van der Waals surface area contributed by atoms with Gasteiger partial charge in [0.25, 0.3) is 5.91 Å². The van der Waals surface area contributed by atoms with E-state index >= 15 is 0 Å². The molecule has 3 atom stereocenters. The largest absolute Gasteiger partial charge is 0.611 e. The summed E-state index contributed by atoms with van der Waals surface area (Å²) >= 11 is -1.60. The van der Waals surface area contributed by atoms with Crippen molar-refractivity contribution in [2.75, 3.05) is 5.75 Å². The van der Waals surface area contributed by atoms with E-state index in [1.165, 1.54) is 18.6 Å². The van der Waals surface area contributed by atoms with Gasteiger partial charge in [0.05, 0.1) is 12.1 Å². The summed E-state index contributed by atoms with van der Waals surface area (Å²) < 4.78 is 12.9. The van der Waals surface area contributed by atoms with Gasteiger partial charge < -0.3 is 25.2 Å². The lowest BCUT2D eigenvalue weighted by Gasteiger charge is -2.23. The van der Waals surface area contributed by atoms with Crippen LogP contribution in [0, 0.1) is 0 Å². The number of carbonyl (C=O) groups excluding carboxylic acids is 2. The first kappa shape index (κ1) is 26.4. The van der Waals surface area contributed by atoms with Crippen molar-refractivity contribution < 1.29 is 24.2 Å². The van der Waals surface area contributed by atoms with E-state index in [0.29, 0.717) is 24.2 Å². The highest BCUT2D eigenvalue weighted by Crippen LogP contribution is 2.13. The number of aromatic nitrogens is 2. The molecule has 1 aromatic heterocycles. The number of amides is 2. The van der Waals surface area contributed by atoms with E-state index < -0.39 is 42.1 Å². The second kappa shape index (κ2) is 13.6. The van der Waals surface area contributed by atoms with Crippen molar-refractivity contribution >= 4 is 30.1 Å². The Bertz CT molecular complexity index is 1060. The van der Waals surface area contributed by atoms with E-state index in [1.54, 1.807) is 30.3 Å². The maximum atomic E-state index is 13.1. The first-order valence-corrected chi connectivity index (χ1v) is 12.5. The van der Waals surface area contributed by atoms with Gasteiger partial charge in [0, 0.05) is 12.4 Å². The number of nitrogens with one attached hydrogen (secondary N) is 2. The van der Waals surface area contributed by atoms with E-state index in [2.05, 4.69) is 20.6 Å². The molecule has 2 amide bonds. The Morgan fingerprint density at radius 3 is 2.31 bits per heavy atom. The Labute approximate surface area is 207 Å². The van der Waals surface area contributed by atoms with Crippen LogP contribution in [0.1, 0.15) is 28.9 Å². The average Bonchev–Trinajstić information content (AvgIpc) is 2.89. The van der Waals surface area contributed by atoms with Crippen LogP contribution in [0.15, 0.2) is 84.1 Å². The highest BCUT2D eigenvalue weighted by Gasteiger charge is 2.32. The minimum Gasteiger partial charge on any atom is -0.611 e. The average molecular weight is 494 g/mol. The highest BCUT2D eigenvalue weighted by molar-refractivity contribution is 7.91. The first-order valence-electron chi connectivity index (χ1n) is 11.1. The number of aryl methyl sites for hydroxylation is 1. The number of hydrogen-bond donors (Lipinski definition) is 4. The molecular formula is C24H27BN4O5S. The molecule has 0 saturated heterocycles. The Hall–Kier alpha value is -3.25. The summed E-state index contributed by atoms with van der Waals surface area (Å²) in [7, 11) is -1.80. The summed E-state index contributed by atoms with van der Waals surface area (Å²) in [6, 6.07) is 17.1. The van der Waals surface area contributed by atoms with Crippen LogP contribution in [0.4, 0.5) is 0 Å². The minimum absolute atomic E-state index is 0.00241. The van der Waals surface area contributed by atoms with Crippen LogP contribution in [0.5, 0.6) is 0 Å². The quantitative estimate of drug-likeness (QED) is 0.216. The normalized spacial score (nSPS) is 13.3. The molecule has 35 heavy (non-hydrogen) atoms. The van der Waals surface area contributed by atoms with Gasteiger partial charge in [-0.15, -0.1) is 0 Å². The van der Waals surface area contributed by atoms with Crippen molar-refractivity contribution in [1.82, 2.24) is 20.6 Å². The Morgan fingerprint density at radius 1 is 1.00 bits per heavy atom. The van der Waals surface area contributed by atoms with E-state index in [4.69, 9.17) is 0 Å². The molecule has 0 spiro atoms. The van der Waals surface area contributed by atoms with Crippen LogP contribution in [0.2, 0.25) is 0 Å². The molecule has 2 aromatic carbocycles. The summed E-state index contributed by atoms with van der Waals surface area (Å²) in [5, 5.41) is 24.8. The van der Waals surface area contributed by atoms with Crippen molar-refractivity contribution in [1.29, 1.82) is 0 Å². The molecule has 2 unspecified atom stereocenters. The highest BCUT2D eigenvalue weighted by atomic mass is 32.2. The van der Waals surface area contributed by atoms with Gasteiger partial charge in [0.2, 0.25) is 5.91 Å². The second-order valence-corrected chi connectivity index (χ2v) is 9.34. The van der Waals surface area contributed by atoms with Crippen LogP contribution in [-0.2, 0) is 22.4 Å². The van der Waals surface area contributed by atoms with Crippen LogP contribution < -0.4 is 10.6 Å². The van der Waals surface area contributed by atoms with Crippen LogP contribution in [0.25, 0.3) is 0 Å². The van der Waals surface area contributed by atoms with Gasteiger partial charge >= 0.3 is 7.12 Å². The van der Waals surface area contributed by atoms with Gasteiger partial charge in [-0.1, -0.05) is 48.5 Å². The molecule has 3 rings (SSSR count). The van der Waals surface area contributed by atoms with E-state index in [0.717, 1.165) is 5.56 Å². The fourth-order valence-corrected chi connectivity index (χ4v) is 4.59. The van der Waals surface area contributed by atoms with E-state index in [-0.39, 0.29) is 11.4 Å². The molecule has 0 fully saturated rings. The smallest absolute Gasteiger partial charge is 0.475 e. The molecule has 0 saturated carbocycles. The topological polar surface area (TPSA) is 148 Å². The zero-order valence-electron chi connectivity index (χ0n) is 19.0. The third-order valence-electron chi connectivity index (χ3n) is 5.25. The molecule has 3 aromatic rings. The fourth-order valence-electron chi connectivity index (χ4n) is 3.40. The predicted molar refractivity (Wildman–Crippen MR) is 133 cm³/mol. The van der Waals surface area contributed by atoms with Gasteiger partial charge in [0.15, 0.2) is 10.9 Å². The summed E-state index contributed by atoms with van der Waals surface area (Å²) in [4.78, 5) is 34.0. The third kappa shape index (κ3) is 8.48. The molecule has 0 aliphatic heterocycles. The number of nitrogens with zero attached hydrogens (tertiary/aromatic N) is 2. The molecule has 182 valence electrons. The molecular weight excluding hydrogens is 467 g/mol. The van der Waals surface area contributed by atoms with Crippen LogP contribution >= 0.6 is 0 Å². The van der Waals surface area contributed by atoms with E-state index in [9.17, 15) is 24.2 Å². The minimum atomic E-state index is -1.80. The Kier molecular flexibility index (Phi) is 10.2. The number of carbonyl (C=O) groups is 2. The summed E-state index contributed by atoms with van der Waals surface area (Å²) in [6.07, 6.45) is 5.60. The van der Waals surface area contributed by atoms with Gasteiger partial charge in [-0.05, 0) is 48.1 Å². The summed E-state index contributed by atoms with van der Waals surface area (Å²) in [6.45, 7) is 0. The predicted octanol–water partition coefficient (Wildman–Crippen LogP) is 0.902. The summed E-state index contributed by atoms with van der Waals surface area (Å²) in [5.74, 6) is -2.51. The van der Waals surface area contributed by atoms with Crippen LogP contribution in [0.3, 0.4) is 0 Å². The van der Waals surface area contributed by atoms with Crippen molar-refractivity contribution in [3.8, 4) is 0 Å². The van der Waals surface area contributed by atoms with Crippen molar-refractivity contribution in [2.24, 2.45) is 0 Å². The van der Waals surface area contributed by atoms with Crippen molar-refractivity contribution in [3.63, 3.8) is 0 Å². The first-order chi connectivity index (χ1) is 16.9. The molecule has 0 radical (unpaired) electrons. The molecule has 9 nitrogen and oxygen atoms in total. The third-order valence-corrected chi connectivity index (χ3v) is 6.69. The number of hydrogen-bond acceptors (Lipinski definition) is 7. The zero-order valence-corrected chi connectivity index (χ0v) is 19.8. The maximum Gasteiger partial charge on any atom is 0.475 e. The van der Waals surface area contributed by atoms with Gasteiger partial charge in [0.1, 0.15) is 11.4 Å².